The fourth-order valence-corrected chi connectivity index (χ4v) is 4.23. The number of hydrogen-bond acceptors (Lipinski definition) is 4. The minimum Gasteiger partial charge on any atom is -0.244 e. The lowest BCUT2D eigenvalue weighted by Gasteiger charge is -2.32. The van der Waals surface area contributed by atoms with Crippen molar-refractivity contribution in [1.29, 1.82) is 5.26 Å². The number of benzene rings is 1. The minimum atomic E-state index is 0.103. The molecule has 1 fully saturated rings. The Kier molecular flexibility index (Phi) is 4.26. The van der Waals surface area contributed by atoms with Gasteiger partial charge in [0.2, 0.25) is 0 Å². The van der Waals surface area contributed by atoms with Crippen molar-refractivity contribution in [3.63, 3.8) is 0 Å². The van der Waals surface area contributed by atoms with Crippen molar-refractivity contribution in [3.05, 3.63) is 42.2 Å². The highest BCUT2D eigenvalue weighted by atomic mass is 32.2. The largest absolute Gasteiger partial charge is 0.244 e. The normalized spacial score (nSPS) is 25.4. The van der Waals surface area contributed by atoms with Crippen LogP contribution in [-0.2, 0) is 7.05 Å². The van der Waals surface area contributed by atoms with E-state index in [2.05, 4.69) is 46.5 Å². The zero-order valence-electron chi connectivity index (χ0n) is 12.0. The van der Waals surface area contributed by atoms with Crippen molar-refractivity contribution in [2.75, 3.05) is 0 Å². The summed E-state index contributed by atoms with van der Waals surface area (Å²) >= 11 is 1.70. The van der Waals surface area contributed by atoms with E-state index in [1.54, 1.807) is 22.8 Å². The van der Waals surface area contributed by atoms with Crippen molar-refractivity contribution in [1.82, 2.24) is 14.8 Å². The van der Waals surface area contributed by atoms with E-state index >= 15 is 0 Å². The van der Waals surface area contributed by atoms with Gasteiger partial charge < -0.3 is 0 Å². The molecule has 0 spiro atoms. The lowest BCUT2D eigenvalue weighted by Crippen LogP contribution is -2.25. The van der Waals surface area contributed by atoms with Gasteiger partial charge in [-0.1, -0.05) is 42.1 Å². The van der Waals surface area contributed by atoms with Crippen LogP contribution in [0.1, 0.15) is 30.7 Å². The fourth-order valence-electron chi connectivity index (χ4n) is 2.96. The average molecular weight is 298 g/mol. The van der Waals surface area contributed by atoms with Gasteiger partial charge in [-0.3, -0.25) is 0 Å². The Hall–Kier alpha value is -1.80. The number of hydrogen-bond donors (Lipinski definition) is 0. The molecule has 2 aromatic rings. The van der Waals surface area contributed by atoms with Crippen molar-refractivity contribution >= 4 is 11.8 Å². The summed E-state index contributed by atoms with van der Waals surface area (Å²) in [5, 5.41) is 14.7. The van der Waals surface area contributed by atoms with E-state index in [1.165, 1.54) is 5.56 Å². The van der Waals surface area contributed by atoms with Gasteiger partial charge in [-0.05, 0) is 30.7 Å². The molecular formula is C16H18N4S. The average Bonchev–Trinajstić information content (AvgIpc) is 2.93. The van der Waals surface area contributed by atoms with Gasteiger partial charge in [0, 0.05) is 12.3 Å². The Morgan fingerprint density at radius 3 is 2.76 bits per heavy atom. The molecule has 1 aliphatic rings. The van der Waals surface area contributed by atoms with Crippen LogP contribution in [0.3, 0.4) is 0 Å². The second-order valence-electron chi connectivity index (χ2n) is 5.48. The number of nitriles is 1. The Morgan fingerprint density at radius 2 is 2.10 bits per heavy atom. The Bertz CT molecular complexity index is 631. The zero-order valence-corrected chi connectivity index (χ0v) is 12.8. The molecule has 3 unspecified atom stereocenters. The fraction of sp³-hybridized carbons (Fsp3) is 0.438. The third-order valence-electron chi connectivity index (χ3n) is 4.16. The van der Waals surface area contributed by atoms with Crippen LogP contribution >= 0.6 is 11.8 Å². The van der Waals surface area contributed by atoms with Crippen LogP contribution in [0, 0.1) is 17.2 Å². The van der Waals surface area contributed by atoms with E-state index in [4.69, 9.17) is 0 Å². The van der Waals surface area contributed by atoms with Crippen molar-refractivity contribution < 1.29 is 0 Å². The molecule has 1 aliphatic carbocycles. The predicted octanol–water partition coefficient (Wildman–Crippen LogP) is 3.38. The van der Waals surface area contributed by atoms with E-state index in [0.717, 1.165) is 24.4 Å². The molecule has 5 heteroatoms. The number of thioether (sulfide) groups is 1. The maximum atomic E-state index is 9.41. The molecule has 108 valence electrons. The summed E-state index contributed by atoms with van der Waals surface area (Å²) in [4.78, 5) is 4.28. The molecule has 1 heterocycles. The summed E-state index contributed by atoms with van der Waals surface area (Å²) in [6.45, 7) is 0. The first-order valence-corrected chi connectivity index (χ1v) is 8.11. The molecule has 0 saturated heterocycles. The standard InChI is InChI=1S/C16H18N4S/c1-20-16(18-11-19-20)21-15-9-13(7-8-14(15)10-17)12-5-3-2-4-6-12/h2-6,11,13-15H,7-9H2,1H3. The maximum Gasteiger partial charge on any atom is 0.186 e. The summed E-state index contributed by atoms with van der Waals surface area (Å²) < 4.78 is 1.78. The summed E-state index contributed by atoms with van der Waals surface area (Å²) in [6, 6.07) is 13.1. The Balaban J connectivity index is 1.76. The third-order valence-corrected chi connectivity index (χ3v) is 5.56. The van der Waals surface area contributed by atoms with Gasteiger partial charge in [-0.15, -0.1) is 0 Å². The predicted molar refractivity (Wildman–Crippen MR) is 82.8 cm³/mol. The van der Waals surface area contributed by atoms with Crippen LogP contribution in [0.25, 0.3) is 0 Å². The van der Waals surface area contributed by atoms with Gasteiger partial charge >= 0.3 is 0 Å². The van der Waals surface area contributed by atoms with E-state index in [9.17, 15) is 5.26 Å². The van der Waals surface area contributed by atoms with Crippen molar-refractivity contribution in [3.8, 4) is 6.07 Å². The number of nitrogens with zero attached hydrogens (tertiary/aromatic N) is 4. The van der Waals surface area contributed by atoms with Crippen LogP contribution in [0.4, 0.5) is 0 Å². The summed E-state index contributed by atoms with van der Waals surface area (Å²) in [5.74, 6) is 0.646. The number of rotatable bonds is 3. The summed E-state index contributed by atoms with van der Waals surface area (Å²) in [7, 11) is 1.90. The van der Waals surface area contributed by atoms with Crippen LogP contribution in [0.5, 0.6) is 0 Å². The maximum absolute atomic E-state index is 9.41. The molecule has 1 aromatic carbocycles. The zero-order chi connectivity index (χ0) is 14.7. The van der Waals surface area contributed by atoms with Crippen LogP contribution in [-0.4, -0.2) is 20.0 Å². The molecule has 1 aromatic heterocycles. The number of aromatic nitrogens is 3. The van der Waals surface area contributed by atoms with Crippen LogP contribution in [0.2, 0.25) is 0 Å². The van der Waals surface area contributed by atoms with E-state index in [-0.39, 0.29) is 11.2 Å². The minimum absolute atomic E-state index is 0.103. The second kappa shape index (κ2) is 6.31. The summed E-state index contributed by atoms with van der Waals surface area (Å²) in [5.41, 5.74) is 1.39. The highest BCUT2D eigenvalue weighted by Crippen LogP contribution is 2.42. The Morgan fingerprint density at radius 1 is 1.29 bits per heavy atom. The molecule has 1 saturated carbocycles. The molecule has 0 bridgehead atoms. The molecule has 21 heavy (non-hydrogen) atoms. The van der Waals surface area contributed by atoms with Crippen molar-refractivity contribution in [2.45, 2.75) is 35.6 Å². The lowest BCUT2D eigenvalue weighted by atomic mass is 9.79. The lowest BCUT2D eigenvalue weighted by molar-refractivity contribution is 0.392. The smallest absolute Gasteiger partial charge is 0.186 e. The molecule has 3 rings (SSSR count). The van der Waals surface area contributed by atoms with Gasteiger partial charge in [-0.2, -0.15) is 10.4 Å². The topological polar surface area (TPSA) is 54.5 Å². The van der Waals surface area contributed by atoms with Crippen LogP contribution in [0.15, 0.2) is 41.8 Å². The van der Waals surface area contributed by atoms with Gasteiger partial charge in [0.25, 0.3) is 0 Å². The SMILES string of the molecule is Cn1ncnc1SC1CC(c2ccccc2)CCC1C#N. The van der Waals surface area contributed by atoms with Gasteiger partial charge in [0.05, 0.1) is 12.0 Å². The van der Waals surface area contributed by atoms with Gasteiger partial charge in [-0.25, -0.2) is 9.67 Å². The third kappa shape index (κ3) is 3.11. The highest BCUT2D eigenvalue weighted by Gasteiger charge is 2.32. The van der Waals surface area contributed by atoms with Crippen LogP contribution < -0.4 is 0 Å². The first-order chi connectivity index (χ1) is 10.3. The molecule has 0 aliphatic heterocycles. The number of aryl methyl sites for hydroxylation is 1. The summed E-state index contributed by atoms with van der Waals surface area (Å²) in [6.07, 6.45) is 4.66. The molecular weight excluding hydrogens is 280 g/mol. The molecule has 4 nitrogen and oxygen atoms in total. The van der Waals surface area contributed by atoms with Crippen molar-refractivity contribution in [2.24, 2.45) is 13.0 Å². The van der Waals surface area contributed by atoms with Gasteiger partial charge in [0.15, 0.2) is 5.16 Å². The quantitative estimate of drug-likeness (QED) is 0.871. The monoisotopic (exact) mass is 298 g/mol. The van der Waals surface area contributed by atoms with E-state index in [1.807, 2.05) is 7.05 Å². The highest BCUT2D eigenvalue weighted by molar-refractivity contribution is 7.99. The molecule has 0 radical (unpaired) electrons. The molecule has 0 N–H and O–H groups in total. The van der Waals surface area contributed by atoms with Gasteiger partial charge in [0.1, 0.15) is 6.33 Å². The first kappa shape index (κ1) is 14.2. The molecule has 3 atom stereocenters. The first-order valence-electron chi connectivity index (χ1n) is 7.23. The Labute approximate surface area is 129 Å². The van der Waals surface area contributed by atoms with E-state index in [0.29, 0.717) is 5.92 Å². The second-order valence-corrected chi connectivity index (χ2v) is 6.69. The molecule has 0 amide bonds. The van der Waals surface area contributed by atoms with E-state index < -0.39 is 0 Å².